The largest absolute Gasteiger partial charge is 0.508 e. The molecule has 2 rings (SSSR count). The zero-order chi connectivity index (χ0) is 22.8. The van der Waals surface area contributed by atoms with Crippen molar-refractivity contribution in [1.29, 1.82) is 0 Å². The number of phenols is 1. The number of phenolic OH excluding ortho intramolecular Hbond substituents is 1. The van der Waals surface area contributed by atoms with Crippen LogP contribution in [0.25, 0.3) is 0 Å². The fourth-order valence-electron chi connectivity index (χ4n) is 2.29. The summed E-state index contributed by atoms with van der Waals surface area (Å²) in [6.45, 7) is 8.44. The van der Waals surface area contributed by atoms with Crippen molar-refractivity contribution in [1.82, 2.24) is 5.32 Å². The van der Waals surface area contributed by atoms with Gasteiger partial charge < -0.3 is 45.7 Å². The average molecular weight is 421 g/mol. The summed E-state index contributed by atoms with van der Waals surface area (Å²) in [4.78, 5) is 0. The molecular formula is C20H40N2O7. The van der Waals surface area contributed by atoms with Gasteiger partial charge in [-0.25, -0.2) is 0 Å². The van der Waals surface area contributed by atoms with Gasteiger partial charge in [0.05, 0.1) is 13.2 Å². The summed E-state index contributed by atoms with van der Waals surface area (Å²) in [5, 5.41) is 42.0. The van der Waals surface area contributed by atoms with Crippen molar-refractivity contribution in [3.8, 4) is 11.5 Å². The molecular weight excluding hydrogens is 380 g/mol. The van der Waals surface area contributed by atoms with Crippen molar-refractivity contribution in [2.24, 2.45) is 5.73 Å². The lowest BCUT2D eigenvalue weighted by Crippen LogP contribution is -2.61. The van der Waals surface area contributed by atoms with Crippen LogP contribution in [0.1, 0.15) is 27.7 Å². The van der Waals surface area contributed by atoms with Gasteiger partial charge in [0.15, 0.2) is 12.4 Å². The van der Waals surface area contributed by atoms with Gasteiger partial charge in [0.2, 0.25) is 0 Å². The van der Waals surface area contributed by atoms with Gasteiger partial charge in [0, 0.05) is 6.54 Å². The van der Waals surface area contributed by atoms with Gasteiger partial charge in [-0.2, -0.15) is 0 Å². The van der Waals surface area contributed by atoms with Crippen LogP contribution >= 0.6 is 0 Å². The molecule has 0 bridgehead atoms. The fourth-order valence-corrected chi connectivity index (χ4v) is 2.29. The second-order valence-corrected chi connectivity index (χ2v) is 5.26. The Labute approximate surface area is 174 Å². The Hall–Kier alpha value is -1.46. The van der Waals surface area contributed by atoms with Crippen LogP contribution < -0.4 is 15.8 Å². The molecule has 9 nitrogen and oxygen atoms in total. The first kappa shape index (κ1) is 29.7. The van der Waals surface area contributed by atoms with Crippen molar-refractivity contribution < 1.29 is 34.6 Å². The molecule has 1 saturated heterocycles. The topological polar surface area (TPSA) is 147 Å². The number of aliphatic hydroxyl groups is 3. The van der Waals surface area contributed by atoms with Gasteiger partial charge in [-0.3, -0.25) is 0 Å². The Bertz CT molecular complexity index is 474. The van der Waals surface area contributed by atoms with E-state index in [-0.39, 0.29) is 12.4 Å². The molecule has 1 fully saturated rings. The Morgan fingerprint density at radius 3 is 2.07 bits per heavy atom. The summed E-state index contributed by atoms with van der Waals surface area (Å²) in [5.41, 5.74) is 4.50. The number of ether oxygens (including phenoxy) is 3. The van der Waals surface area contributed by atoms with Crippen molar-refractivity contribution in [2.45, 2.75) is 58.4 Å². The molecule has 5 unspecified atom stereocenters. The number of aromatic hydroxyl groups is 1. The van der Waals surface area contributed by atoms with E-state index in [2.05, 4.69) is 11.1 Å². The van der Waals surface area contributed by atoms with E-state index in [9.17, 15) is 20.4 Å². The smallest absolute Gasteiger partial charge is 0.186 e. The highest BCUT2D eigenvalue weighted by atomic mass is 16.7. The number of hydrogen-bond donors (Lipinski definition) is 6. The van der Waals surface area contributed by atoms with Crippen LogP contribution in [-0.2, 0) is 9.47 Å². The van der Waals surface area contributed by atoms with Gasteiger partial charge >= 0.3 is 0 Å². The number of nitrogens with two attached hydrogens (primary N) is 1. The normalized spacial score (nSPS) is 25.2. The number of benzene rings is 1. The van der Waals surface area contributed by atoms with E-state index in [1.165, 1.54) is 31.3 Å². The predicted octanol–water partition coefficient (Wildman–Crippen LogP) is 0.442. The first-order valence-electron chi connectivity index (χ1n) is 9.99. The lowest BCUT2D eigenvalue weighted by Gasteiger charge is -2.41. The Balaban J connectivity index is 0. The minimum atomic E-state index is -1.31. The van der Waals surface area contributed by atoms with E-state index in [0.29, 0.717) is 12.3 Å². The monoisotopic (exact) mass is 420 g/mol. The first-order valence-corrected chi connectivity index (χ1v) is 9.99. The number of likely N-dealkylation sites (N-methyl/N-ethyl adjacent to an activating group) is 1. The lowest BCUT2D eigenvalue weighted by atomic mass is 9.99. The van der Waals surface area contributed by atoms with Crippen LogP contribution in [0.4, 0.5) is 0 Å². The molecule has 0 saturated carbocycles. The first-order chi connectivity index (χ1) is 14.1. The second-order valence-electron chi connectivity index (χ2n) is 5.26. The molecule has 1 aliphatic rings. The molecule has 9 heteroatoms. The van der Waals surface area contributed by atoms with Crippen molar-refractivity contribution in [3.05, 3.63) is 24.3 Å². The standard InChI is InChI=1S/C15H23NO7.2C2H6.CH5N/c1-16-6-7-21-15-13(20)12(19)14(11(8-17)23-15)22-10-4-2-9(18)3-5-10;3*1-2/h2-5,11-20H,6-8H2,1H3;2*1-2H3;2H2,1H3. The van der Waals surface area contributed by atoms with E-state index in [4.69, 9.17) is 14.2 Å². The van der Waals surface area contributed by atoms with Crippen LogP contribution in [0.15, 0.2) is 24.3 Å². The third-order valence-electron chi connectivity index (χ3n) is 3.56. The number of hydrogen-bond acceptors (Lipinski definition) is 9. The van der Waals surface area contributed by atoms with E-state index < -0.39 is 37.3 Å². The molecule has 5 atom stereocenters. The fraction of sp³-hybridized carbons (Fsp3) is 0.700. The van der Waals surface area contributed by atoms with Crippen molar-refractivity contribution in [2.75, 3.05) is 33.9 Å². The highest BCUT2D eigenvalue weighted by molar-refractivity contribution is 5.30. The van der Waals surface area contributed by atoms with E-state index in [1.807, 2.05) is 27.7 Å². The van der Waals surface area contributed by atoms with Gasteiger partial charge in [-0.15, -0.1) is 0 Å². The van der Waals surface area contributed by atoms with Gasteiger partial charge in [0.25, 0.3) is 0 Å². The summed E-state index contributed by atoms with van der Waals surface area (Å²) < 4.78 is 16.4. The Morgan fingerprint density at radius 1 is 1.03 bits per heavy atom. The number of nitrogens with one attached hydrogen (secondary N) is 1. The molecule has 172 valence electrons. The number of rotatable bonds is 7. The van der Waals surface area contributed by atoms with Gasteiger partial charge in [-0.1, -0.05) is 27.7 Å². The third-order valence-corrected chi connectivity index (χ3v) is 3.56. The molecule has 1 aromatic rings. The van der Waals surface area contributed by atoms with E-state index in [1.54, 1.807) is 7.05 Å². The quantitative estimate of drug-likeness (QED) is 0.346. The lowest BCUT2D eigenvalue weighted by molar-refractivity contribution is -0.296. The van der Waals surface area contributed by atoms with E-state index >= 15 is 0 Å². The highest BCUT2D eigenvalue weighted by Crippen LogP contribution is 2.27. The number of aliphatic hydroxyl groups excluding tert-OH is 3. The maximum absolute atomic E-state index is 10.3. The molecule has 0 spiro atoms. The van der Waals surface area contributed by atoms with Gasteiger partial charge in [0.1, 0.15) is 29.8 Å². The van der Waals surface area contributed by atoms with Crippen LogP contribution in [0.2, 0.25) is 0 Å². The molecule has 0 aliphatic carbocycles. The summed E-state index contributed by atoms with van der Waals surface area (Å²) in [6.07, 6.45) is -5.48. The summed E-state index contributed by atoms with van der Waals surface area (Å²) in [7, 11) is 3.26. The summed E-state index contributed by atoms with van der Waals surface area (Å²) in [5.74, 6) is 0.449. The Morgan fingerprint density at radius 2 is 1.59 bits per heavy atom. The second kappa shape index (κ2) is 18.6. The molecule has 0 radical (unpaired) electrons. The summed E-state index contributed by atoms with van der Waals surface area (Å²) >= 11 is 0. The molecule has 0 aromatic heterocycles. The van der Waals surface area contributed by atoms with Crippen molar-refractivity contribution in [3.63, 3.8) is 0 Å². The third kappa shape index (κ3) is 10.2. The van der Waals surface area contributed by atoms with E-state index in [0.717, 1.165) is 0 Å². The maximum atomic E-state index is 10.3. The average Bonchev–Trinajstić information content (AvgIpc) is 2.78. The summed E-state index contributed by atoms with van der Waals surface area (Å²) in [6, 6.07) is 5.88. The minimum Gasteiger partial charge on any atom is -0.508 e. The molecule has 29 heavy (non-hydrogen) atoms. The predicted molar refractivity (Wildman–Crippen MR) is 113 cm³/mol. The zero-order valence-electron chi connectivity index (χ0n) is 18.4. The molecule has 1 heterocycles. The van der Waals surface area contributed by atoms with Crippen LogP contribution in [0.5, 0.6) is 11.5 Å². The Kier molecular flexibility index (Phi) is 19.0. The molecule has 7 N–H and O–H groups in total. The molecule has 1 aliphatic heterocycles. The molecule has 0 amide bonds. The maximum Gasteiger partial charge on any atom is 0.186 e. The van der Waals surface area contributed by atoms with Gasteiger partial charge in [-0.05, 0) is 38.4 Å². The van der Waals surface area contributed by atoms with Crippen LogP contribution in [0, 0.1) is 0 Å². The van der Waals surface area contributed by atoms with Crippen LogP contribution in [-0.4, -0.2) is 85.0 Å². The van der Waals surface area contributed by atoms with Crippen molar-refractivity contribution >= 4 is 0 Å². The molecule has 1 aromatic carbocycles. The highest BCUT2D eigenvalue weighted by Gasteiger charge is 2.46. The SMILES string of the molecule is CC.CC.CN.CNCCOC1OC(CO)C(Oc2ccc(O)cc2)C(O)C1O. The minimum absolute atomic E-state index is 0.0783. The zero-order valence-corrected chi connectivity index (χ0v) is 18.4. The van der Waals surface area contributed by atoms with Crippen LogP contribution in [0.3, 0.4) is 0 Å².